The second-order valence-corrected chi connectivity index (χ2v) is 8.25. The van der Waals surface area contributed by atoms with Crippen LogP contribution in [0.3, 0.4) is 0 Å². The van der Waals surface area contributed by atoms with Crippen LogP contribution in [0.25, 0.3) is 0 Å². The summed E-state index contributed by atoms with van der Waals surface area (Å²) in [5.41, 5.74) is -6.35. The second kappa shape index (κ2) is 15.2. The monoisotopic (exact) mass is 432 g/mol. The Morgan fingerprint density at radius 1 is 0.567 bits per heavy atom. The van der Waals surface area contributed by atoms with Crippen LogP contribution in [-0.2, 0) is 14.4 Å². The first-order valence-electron chi connectivity index (χ1n) is 11.2. The molecule has 176 valence electrons. The molecule has 0 aliphatic rings. The van der Waals surface area contributed by atoms with Crippen LogP contribution >= 0.6 is 0 Å². The second-order valence-electron chi connectivity index (χ2n) is 8.25. The number of aliphatic carboxylic acids is 3. The molecule has 0 rings (SSSR count). The highest BCUT2D eigenvalue weighted by atomic mass is 16.5. The van der Waals surface area contributed by atoms with E-state index in [4.69, 9.17) is 10.2 Å². The molecule has 0 spiro atoms. The Morgan fingerprint density at radius 3 is 1.20 bits per heavy atom. The zero-order valence-electron chi connectivity index (χ0n) is 18.3. The van der Waals surface area contributed by atoms with Crippen molar-refractivity contribution in [3.8, 4) is 0 Å². The van der Waals surface area contributed by atoms with E-state index in [9.17, 15) is 29.7 Å². The van der Waals surface area contributed by atoms with E-state index >= 15 is 0 Å². The standard InChI is InChI=1S/C22H40O8/c1-2-3-4-5-6-7-8-9-10-11-12-13-14-15-16-21(29,19(25)26)22(30,20(27)28)17-18(23)24/h29-30H,2-17H2,1H3,(H,23,24)(H,25,26)(H,27,28). The Balaban J connectivity index is 4.11. The van der Waals surface area contributed by atoms with E-state index in [1.165, 1.54) is 51.4 Å². The van der Waals surface area contributed by atoms with E-state index in [0.717, 1.165) is 25.7 Å². The van der Waals surface area contributed by atoms with Gasteiger partial charge in [0.15, 0.2) is 0 Å². The third-order valence-electron chi connectivity index (χ3n) is 5.69. The van der Waals surface area contributed by atoms with Crippen LogP contribution in [0.15, 0.2) is 0 Å². The molecule has 8 heteroatoms. The third kappa shape index (κ3) is 9.89. The summed E-state index contributed by atoms with van der Waals surface area (Å²) >= 11 is 0. The lowest BCUT2D eigenvalue weighted by molar-refractivity contribution is -0.211. The molecule has 0 aromatic heterocycles. The van der Waals surface area contributed by atoms with Crippen molar-refractivity contribution in [3.05, 3.63) is 0 Å². The zero-order chi connectivity index (χ0) is 23.0. The fourth-order valence-electron chi connectivity index (χ4n) is 3.68. The minimum absolute atomic E-state index is 0.176. The molecular formula is C22H40O8. The van der Waals surface area contributed by atoms with Gasteiger partial charge >= 0.3 is 17.9 Å². The summed E-state index contributed by atoms with van der Waals surface area (Å²) in [6.07, 6.45) is 13.0. The molecule has 2 unspecified atom stereocenters. The third-order valence-corrected chi connectivity index (χ3v) is 5.69. The number of hydrogen-bond donors (Lipinski definition) is 5. The van der Waals surface area contributed by atoms with Crippen molar-refractivity contribution in [3.63, 3.8) is 0 Å². The lowest BCUT2D eigenvalue weighted by atomic mass is 9.76. The first-order chi connectivity index (χ1) is 14.1. The molecule has 0 aliphatic heterocycles. The predicted octanol–water partition coefficient (Wildman–Crippen LogP) is 3.96. The molecule has 0 saturated carbocycles. The molecule has 0 fully saturated rings. The normalized spacial score (nSPS) is 15.3. The summed E-state index contributed by atoms with van der Waals surface area (Å²) in [5.74, 6) is -5.72. The molecule has 0 radical (unpaired) electrons. The van der Waals surface area contributed by atoms with Crippen LogP contribution in [0.4, 0.5) is 0 Å². The summed E-state index contributed by atoms with van der Waals surface area (Å²) in [6.45, 7) is 2.21. The maximum atomic E-state index is 11.5. The van der Waals surface area contributed by atoms with Crippen LogP contribution in [-0.4, -0.2) is 54.6 Å². The van der Waals surface area contributed by atoms with Crippen LogP contribution in [0, 0.1) is 0 Å². The molecule has 0 saturated heterocycles. The molecular weight excluding hydrogens is 392 g/mol. The van der Waals surface area contributed by atoms with Gasteiger partial charge in [0.2, 0.25) is 11.2 Å². The fourth-order valence-corrected chi connectivity index (χ4v) is 3.68. The number of rotatable bonds is 20. The number of hydrogen-bond acceptors (Lipinski definition) is 5. The van der Waals surface area contributed by atoms with E-state index < -0.39 is 42.0 Å². The summed E-state index contributed by atoms with van der Waals surface area (Å²) in [6, 6.07) is 0. The van der Waals surface area contributed by atoms with E-state index in [-0.39, 0.29) is 6.42 Å². The van der Waals surface area contributed by atoms with E-state index in [1.807, 2.05) is 0 Å². The van der Waals surface area contributed by atoms with Crippen LogP contribution in [0.2, 0.25) is 0 Å². The van der Waals surface area contributed by atoms with Gasteiger partial charge in [-0.05, 0) is 12.8 Å². The minimum Gasteiger partial charge on any atom is -0.481 e. The molecule has 2 atom stereocenters. The molecule has 8 nitrogen and oxygen atoms in total. The molecule has 30 heavy (non-hydrogen) atoms. The fraction of sp³-hybridized carbons (Fsp3) is 0.864. The Bertz CT molecular complexity index is 521. The molecule has 0 amide bonds. The SMILES string of the molecule is CCCCCCCCCCCCCCCCC(O)(C(=O)O)C(O)(CC(=O)O)C(=O)O. The number of aliphatic hydroxyl groups is 2. The molecule has 0 aromatic rings. The highest BCUT2D eigenvalue weighted by Crippen LogP contribution is 2.32. The molecule has 5 N–H and O–H groups in total. The molecule has 0 heterocycles. The van der Waals surface area contributed by atoms with Gasteiger partial charge in [-0.15, -0.1) is 0 Å². The Morgan fingerprint density at radius 2 is 0.900 bits per heavy atom. The van der Waals surface area contributed by atoms with Crippen LogP contribution < -0.4 is 0 Å². The van der Waals surface area contributed by atoms with Crippen molar-refractivity contribution < 1.29 is 39.9 Å². The van der Waals surface area contributed by atoms with Gasteiger partial charge in [0.25, 0.3) is 0 Å². The largest absolute Gasteiger partial charge is 0.481 e. The van der Waals surface area contributed by atoms with Crippen molar-refractivity contribution in [2.75, 3.05) is 0 Å². The van der Waals surface area contributed by atoms with Crippen molar-refractivity contribution in [2.45, 2.75) is 121 Å². The van der Waals surface area contributed by atoms with Crippen molar-refractivity contribution in [1.29, 1.82) is 0 Å². The van der Waals surface area contributed by atoms with E-state index in [1.54, 1.807) is 0 Å². The number of carbonyl (C=O) groups is 3. The Labute approximate surface area is 179 Å². The summed E-state index contributed by atoms with van der Waals surface area (Å²) in [4.78, 5) is 33.6. The lowest BCUT2D eigenvalue weighted by Crippen LogP contribution is -2.64. The smallest absolute Gasteiger partial charge is 0.340 e. The van der Waals surface area contributed by atoms with Gasteiger partial charge in [-0.25, -0.2) is 9.59 Å². The summed E-state index contributed by atoms with van der Waals surface area (Å²) in [5, 5.41) is 47.7. The van der Waals surface area contributed by atoms with Gasteiger partial charge in [0, 0.05) is 0 Å². The molecule has 0 aliphatic carbocycles. The predicted molar refractivity (Wildman–Crippen MR) is 112 cm³/mol. The van der Waals surface area contributed by atoms with Gasteiger partial charge in [-0.3, -0.25) is 4.79 Å². The lowest BCUT2D eigenvalue weighted by Gasteiger charge is -2.36. The van der Waals surface area contributed by atoms with Gasteiger partial charge in [-0.1, -0.05) is 90.4 Å². The number of unbranched alkanes of at least 4 members (excludes halogenated alkanes) is 13. The number of carboxylic acid groups (broad SMARTS) is 3. The van der Waals surface area contributed by atoms with E-state index in [2.05, 4.69) is 6.92 Å². The van der Waals surface area contributed by atoms with Gasteiger partial charge < -0.3 is 25.5 Å². The summed E-state index contributed by atoms with van der Waals surface area (Å²) in [7, 11) is 0. The Kier molecular flexibility index (Phi) is 14.3. The molecule has 0 aromatic carbocycles. The quantitative estimate of drug-likeness (QED) is 0.181. The maximum Gasteiger partial charge on any atom is 0.340 e. The topological polar surface area (TPSA) is 152 Å². The minimum atomic E-state index is -3.29. The van der Waals surface area contributed by atoms with Crippen molar-refractivity contribution in [1.82, 2.24) is 0 Å². The first-order valence-corrected chi connectivity index (χ1v) is 11.2. The average molecular weight is 433 g/mol. The van der Waals surface area contributed by atoms with Crippen LogP contribution in [0.1, 0.15) is 110 Å². The van der Waals surface area contributed by atoms with Gasteiger partial charge in [-0.2, -0.15) is 0 Å². The van der Waals surface area contributed by atoms with Crippen molar-refractivity contribution in [2.24, 2.45) is 0 Å². The van der Waals surface area contributed by atoms with Crippen molar-refractivity contribution >= 4 is 17.9 Å². The van der Waals surface area contributed by atoms with Gasteiger partial charge in [0.05, 0.1) is 6.42 Å². The van der Waals surface area contributed by atoms with E-state index in [0.29, 0.717) is 6.42 Å². The average Bonchev–Trinajstić information content (AvgIpc) is 2.67. The zero-order valence-corrected chi connectivity index (χ0v) is 18.3. The number of carboxylic acids is 3. The highest BCUT2D eigenvalue weighted by Gasteiger charge is 2.61. The maximum absolute atomic E-state index is 11.5. The van der Waals surface area contributed by atoms with Crippen LogP contribution in [0.5, 0.6) is 0 Å². The Hall–Kier alpha value is -1.67. The van der Waals surface area contributed by atoms with Gasteiger partial charge in [0.1, 0.15) is 0 Å². The first kappa shape index (κ1) is 28.3. The molecule has 0 bridgehead atoms. The summed E-state index contributed by atoms with van der Waals surface area (Å²) < 4.78 is 0. The highest BCUT2D eigenvalue weighted by molar-refractivity contribution is 5.93.